The molecule has 0 saturated carbocycles. The summed E-state index contributed by atoms with van der Waals surface area (Å²) in [5.41, 5.74) is 0. The molecule has 0 aliphatic carbocycles. The van der Waals surface area contributed by atoms with Gasteiger partial charge in [-0.05, 0) is 0 Å². The molecular weight excluding hydrogens is 50.8 g/mol. The Kier molecular flexibility index (Phi) is 2.11. The minimum Gasteiger partial charge on any atom is -0.298 e. The molecule has 0 aromatic carbocycles. The van der Waals surface area contributed by atoms with E-state index in [1.54, 1.807) is 6.01 Å². The molecule has 0 amide bonds. The summed E-state index contributed by atoms with van der Waals surface area (Å²) in [4.78, 5) is 3.15. The van der Waals surface area contributed by atoms with E-state index in [-0.39, 0.29) is 0 Å². The summed E-state index contributed by atoms with van der Waals surface area (Å²) in [6, 6.07) is 1.81. The molecule has 0 aliphatic rings. The molecule has 0 atom stereocenters. The summed E-state index contributed by atoms with van der Waals surface area (Å²) in [5, 5.41) is 6.03. The van der Waals surface area contributed by atoms with Crippen LogP contribution < -0.4 is 0 Å². The van der Waals surface area contributed by atoms with Crippen LogP contribution in [0.1, 0.15) is 0 Å². The zero-order valence-corrected chi connectivity index (χ0v) is 2.45. The zero-order chi connectivity index (χ0) is 3.41. The molecule has 1 N–H and O–H groups in total. The fourth-order valence-corrected chi connectivity index (χ4v) is 0. The van der Waals surface area contributed by atoms with Gasteiger partial charge < -0.3 is 0 Å². The van der Waals surface area contributed by atoms with Crippen LogP contribution in [0.4, 0.5) is 0 Å². The van der Waals surface area contributed by atoms with Gasteiger partial charge in [-0.1, -0.05) is 0 Å². The Morgan fingerprint density at radius 1 is 2.00 bits per heavy atom. The first-order chi connectivity index (χ1) is 1.91. The highest BCUT2D eigenvalue weighted by atomic mass is 14.6. The fourth-order valence-electron chi connectivity index (χ4n) is 0. The summed E-state index contributed by atoms with van der Waals surface area (Å²) in [6.07, 6.45) is 0. The maximum absolute atomic E-state index is 6.03. The van der Waals surface area contributed by atoms with Gasteiger partial charge in [-0.3, -0.25) is 4.90 Å². The third-order valence-electron chi connectivity index (χ3n) is 0.112. The van der Waals surface area contributed by atoms with Gasteiger partial charge in [-0.2, -0.15) is 0 Å². The quantitative estimate of drug-likeness (QED) is 0.280. The number of hydrogen-bond donors (Lipinski definition) is 1. The molecule has 0 aromatic heterocycles. The monoisotopic (exact) mass is 54.0 g/mol. The Hall–Kier alpha value is -0.555. The normalized spacial score (nSPS) is 4.00. The van der Waals surface area contributed by atoms with E-state index in [1.165, 1.54) is 7.98 Å². The van der Waals surface area contributed by atoms with Crippen LogP contribution in [0.15, 0.2) is 4.90 Å². The molecule has 0 spiro atoms. The first-order valence-electron chi connectivity index (χ1n) is 0.921. The van der Waals surface area contributed by atoms with Gasteiger partial charge in [0, 0.05) is 0 Å². The largest absolute Gasteiger partial charge is 0.298 e. The maximum atomic E-state index is 6.03. The second kappa shape index (κ2) is 2.44. The molecule has 0 unspecified atom stereocenters. The highest BCUT2D eigenvalue weighted by molar-refractivity contribution is 6.07. The lowest BCUT2D eigenvalue weighted by Gasteiger charge is -1.39. The summed E-state index contributed by atoms with van der Waals surface area (Å²) in [5.74, 6) is 0. The number of hydrogen-bond acceptors (Lipinski definition) is 2. The van der Waals surface area contributed by atoms with Gasteiger partial charge in [0.1, 0.15) is 0 Å². The number of rotatable bonds is 0. The number of nitrogens with one attached hydrogen (secondary N) is 1. The molecule has 0 heterocycles. The van der Waals surface area contributed by atoms with Gasteiger partial charge in [0.15, 0.2) is 0 Å². The third-order valence-corrected chi connectivity index (χ3v) is 0.112. The molecule has 0 fully saturated rings. The van der Waals surface area contributed by atoms with E-state index in [4.69, 9.17) is 5.41 Å². The van der Waals surface area contributed by atoms with Crippen molar-refractivity contribution in [2.45, 2.75) is 0 Å². The molecular formula is CH3BN2. The smallest absolute Gasteiger partial charge is 0.259 e. The molecule has 0 rings (SSSR count). The molecule has 2 nitrogen and oxygen atoms in total. The SMILES string of the molecule is BN=C=N. The summed E-state index contributed by atoms with van der Waals surface area (Å²) in [7, 11) is 1.51. The van der Waals surface area contributed by atoms with E-state index in [2.05, 4.69) is 4.90 Å². The van der Waals surface area contributed by atoms with Crippen LogP contribution in [-0.4, -0.2) is 14.0 Å². The fraction of sp³-hybridized carbons (Fsp3) is 0. The van der Waals surface area contributed by atoms with Crippen molar-refractivity contribution in [2.75, 3.05) is 0 Å². The van der Waals surface area contributed by atoms with E-state index in [9.17, 15) is 0 Å². The zero-order valence-electron chi connectivity index (χ0n) is 2.45. The van der Waals surface area contributed by atoms with Crippen molar-refractivity contribution in [2.24, 2.45) is 4.90 Å². The van der Waals surface area contributed by atoms with Crippen LogP contribution >= 0.6 is 0 Å². The predicted molar refractivity (Wildman–Crippen MR) is 18.7 cm³/mol. The van der Waals surface area contributed by atoms with Crippen molar-refractivity contribution < 1.29 is 0 Å². The Morgan fingerprint density at radius 2 is 2.25 bits per heavy atom. The van der Waals surface area contributed by atoms with Crippen molar-refractivity contribution in [1.82, 2.24) is 0 Å². The Bertz CT molecular complexity index is 44.0. The molecule has 0 aliphatic heterocycles. The third kappa shape index (κ3) is 1.44. The van der Waals surface area contributed by atoms with Gasteiger partial charge in [0.05, 0.1) is 6.01 Å². The lowest BCUT2D eigenvalue weighted by Crippen LogP contribution is -1.41. The maximum Gasteiger partial charge on any atom is 0.259 e. The van der Waals surface area contributed by atoms with E-state index in [0.717, 1.165) is 0 Å². The molecule has 3 heteroatoms. The van der Waals surface area contributed by atoms with Gasteiger partial charge in [-0.15, -0.1) is 0 Å². The van der Waals surface area contributed by atoms with Crippen LogP contribution in [0.25, 0.3) is 0 Å². The van der Waals surface area contributed by atoms with Crippen LogP contribution in [0, 0.1) is 5.41 Å². The minimum absolute atomic E-state index is 1.51. The average Bonchev–Trinajstić information content (AvgIpc) is 1.37. The summed E-state index contributed by atoms with van der Waals surface area (Å²) >= 11 is 0. The van der Waals surface area contributed by atoms with E-state index in [1.807, 2.05) is 0 Å². The van der Waals surface area contributed by atoms with Crippen LogP contribution in [0.5, 0.6) is 0 Å². The topological polar surface area (TPSA) is 36.2 Å². The van der Waals surface area contributed by atoms with Crippen molar-refractivity contribution in [1.29, 1.82) is 5.41 Å². The van der Waals surface area contributed by atoms with Crippen LogP contribution in [-0.2, 0) is 0 Å². The molecule has 0 aromatic rings. The van der Waals surface area contributed by atoms with Crippen molar-refractivity contribution >= 4 is 14.0 Å². The van der Waals surface area contributed by atoms with Crippen molar-refractivity contribution in [3.05, 3.63) is 0 Å². The highest BCUT2D eigenvalue weighted by Gasteiger charge is 1.27. The van der Waals surface area contributed by atoms with Gasteiger partial charge >= 0.3 is 0 Å². The van der Waals surface area contributed by atoms with Gasteiger partial charge in [0.2, 0.25) is 0 Å². The first kappa shape index (κ1) is 3.44. The van der Waals surface area contributed by atoms with Gasteiger partial charge in [-0.25, -0.2) is 5.41 Å². The standard InChI is InChI=1S/CH3BN2/c2-4-1-3/h3H,2H2. The summed E-state index contributed by atoms with van der Waals surface area (Å²) < 4.78 is 0. The lowest BCUT2D eigenvalue weighted by molar-refractivity contribution is 1.57. The Labute approximate surface area is 25.5 Å². The van der Waals surface area contributed by atoms with Crippen molar-refractivity contribution in [3.8, 4) is 0 Å². The number of nitrogens with zero attached hydrogens (tertiary/aromatic N) is 1. The Morgan fingerprint density at radius 3 is 2.25 bits per heavy atom. The van der Waals surface area contributed by atoms with Crippen LogP contribution in [0.2, 0.25) is 0 Å². The molecule has 4 heavy (non-hydrogen) atoms. The Balaban J connectivity index is 3.11. The predicted octanol–water partition coefficient (Wildman–Crippen LogP) is -0.713. The van der Waals surface area contributed by atoms with E-state index >= 15 is 0 Å². The second-order valence-corrected chi connectivity index (χ2v) is 0.335. The molecule has 0 bridgehead atoms. The second-order valence-electron chi connectivity index (χ2n) is 0.335. The highest BCUT2D eigenvalue weighted by Crippen LogP contribution is 1.25. The lowest BCUT2D eigenvalue weighted by atomic mass is 10.5. The molecule has 20 valence electrons. The van der Waals surface area contributed by atoms with E-state index in [0.29, 0.717) is 0 Å². The van der Waals surface area contributed by atoms with E-state index < -0.39 is 0 Å². The first-order valence-corrected chi connectivity index (χ1v) is 0.921. The van der Waals surface area contributed by atoms with Gasteiger partial charge in [0.25, 0.3) is 7.98 Å². The minimum atomic E-state index is 1.51. The molecule has 0 radical (unpaired) electrons. The summed E-state index contributed by atoms with van der Waals surface area (Å²) in [6.45, 7) is 0. The average molecular weight is 53.9 g/mol. The van der Waals surface area contributed by atoms with Crippen LogP contribution in [0.3, 0.4) is 0 Å². The van der Waals surface area contributed by atoms with Crippen molar-refractivity contribution in [3.63, 3.8) is 0 Å². The molecule has 0 saturated heterocycles.